The predicted molar refractivity (Wildman–Crippen MR) is 120 cm³/mol. The molecule has 1 heterocycles. The number of halogens is 1. The number of aliphatic hydroxyl groups is 1. The minimum Gasteiger partial charge on any atom is -0.393 e. The summed E-state index contributed by atoms with van der Waals surface area (Å²) in [5, 5.41) is 17.8. The number of aromatic nitrogens is 1. The molecule has 1 aliphatic carbocycles. The molecule has 144 valence electrons. The van der Waals surface area contributed by atoms with Gasteiger partial charge in [0, 0.05) is 36.2 Å². The number of aliphatic imine (C=N–C) groups is 1. The van der Waals surface area contributed by atoms with E-state index in [4.69, 9.17) is 4.99 Å². The number of guanidine groups is 1. The summed E-state index contributed by atoms with van der Waals surface area (Å²) in [5.41, 5.74) is 3.83. The third-order valence-electron chi connectivity index (χ3n) is 5.04. The number of rotatable bonds is 5. The molecule has 0 spiro atoms. The van der Waals surface area contributed by atoms with Gasteiger partial charge in [0.15, 0.2) is 5.96 Å². The highest BCUT2D eigenvalue weighted by atomic mass is 127. The Bertz CT molecular complexity index is 720. The molecule has 0 aliphatic heterocycles. The Morgan fingerprint density at radius 1 is 1.27 bits per heavy atom. The summed E-state index contributed by atoms with van der Waals surface area (Å²) in [6.45, 7) is 5.83. The monoisotopic (exact) mass is 470 g/mol. The second kappa shape index (κ2) is 10.2. The number of nitrogens with zero attached hydrogens (tertiary/aromatic N) is 1. The van der Waals surface area contributed by atoms with E-state index in [-0.39, 0.29) is 30.1 Å². The van der Waals surface area contributed by atoms with Crippen LogP contribution in [0.3, 0.4) is 0 Å². The second-order valence-electron chi connectivity index (χ2n) is 6.97. The molecule has 1 aromatic heterocycles. The summed E-state index contributed by atoms with van der Waals surface area (Å²) in [6, 6.07) is 6.84. The topological polar surface area (TPSA) is 72.4 Å². The molecule has 0 amide bonds. The van der Waals surface area contributed by atoms with Crippen LogP contribution in [0.25, 0.3) is 10.9 Å². The Kier molecular flexibility index (Phi) is 8.21. The molecule has 2 aromatic rings. The van der Waals surface area contributed by atoms with Crippen LogP contribution < -0.4 is 10.6 Å². The third kappa shape index (κ3) is 5.36. The number of para-hydroxylation sites is 1. The van der Waals surface area contributed by atoms with Crippen molar-refractivity contribution in [1.82, 2.24) is 15.6 Å². The SMILES string of the molecule is CCNC(=NCCc1c[nH]c2c(C)cccc12)NC1CCC(O)CC1.I. The molecule has 0 atom stereocenters. The zero-order valence-electron chi connectivity index (χ0n) is 15.7. The number of aryl methyl sites for hydroxylation is 1. The minimum atomic E-state index is -0.122. The van der Waals surface area contributed by atoms with Crippen molar-refractivity contribution in [3.8, 4) is 0 Å². The fourth-order valence-corrected chi connectivity index (χ4v) is 3.59. The predicted octanol–water partition coefficient (Wildman–Crippen LogP) is 3.50. The summed E-state index contributed by atoms with van der Waals surface area (Å²) < 4.78 is 0. The van der Waals surface area contributed by atoms with Gasteiger partial charge >= 0.3 is 0 Å². The van der Waals surface area contributed by atoms with Crippen LogP contribution in [0.15, 0.2) is 29.4 Å². The molecule has 0 unspecified atom stereocenters. The van der Waals surface area contributed by atoms with Crippen LogP contribution in [0, 0.1) is 6.92 Å². The molecule has 4 N–H and O–H groups in total. The average Bonchev–Trinajstić information content (AvgIpc) is 3.02. The number of H-pyrrole nitrogens is 1. The zero-order chi connectivity index (χ0) is 17.6. The lowest BCUT2D eigenvalue weighted by atomic mass is 9.93. The lowest BCUT2D eigenvalue weighted by Crippen LogP contribution is -2.45. The summed E-state index contributed by atoms with van der Waals surface area (Å²) in [6.07, 6.45) is 6.68. The fourth-order valence-electron chi connectivity index (χ4n) is 3.59. The zero-order valence-corrected chi connectivity index (χ0v) is 18.0. The number of benzene rings is 1. The van der Waals surface area contributed by atoms with Gasteiger partial charge in [0.05, 0.1) is 6.10 Å². The first kappa shape index (κ1) is 21.0. The van der Waals surface area contributed by atoms with Crippen LogP contribution in [-0.4, -0.2) is 41.3 Å². The van der Waals surface area contributed by atoms with Crippen molar-refractivity contribution < 1.29 is 5.11 Å². The lowest BCUT2D eigenvalue weighted by Gasteiger charge is -2.27. The largest absolute Gasteiger partial charge is 0.393 e. The smallest absolute Gasteiger partial charge is 0.191 e. The van der Waals surface area contributed by atoms with Gasteiger partial charge in [-0.15, -0.1) is 24.0 Å². The van der Waals surface area contributed by atoms with Gasteiger partial charge in [0.2, 0.25) is 0 Å². The van der Waals surface area contributed by atoms with Gasteiger partial charge in [0.25, 0.3) is 0 Å². The van der Waals surface area contributed by atoms with E-state index in [0.29, 0.717) is 6.04 Å². The van der Waals surface area contributed by atoms with Gasteiger partial charge in [-0.25, -0.2) is 0 Å². The number of nitrogens with one attached hydrogen (secondary N) is 3. The van der Waals surface area contributed by atoms with E-state index in [0.717, 1.165) is 51.2 Å². The van der Waals surface area contributed by atoms with Crippen LogP contribution in [0.1, 0.15) is 43.7 Å². The quantitative estimate of drug-likeness (QED) is 0.307. The molecule has 1 saturated carbocycles. The number of aliphatic hydroxyl groups excluding tert-OH is 1. The van der Waals surface area contributed by atoms with Crippen molar-refractivity contribution in [3.05, 3.63) is 35.5 Å². The maximum atomic E-state index is 9.64. The Morgan fingerprint density at radius 2 is 2.04 bits per heavy atom. The Balaban J connectivity index is 0.00000243. The van der Waals surface area contributed by atoms with Gasteiger partial charge in [-0.1, -0.05) is 18.2 Å². The molecule has 5 nitrogen and oxygen atoms in total. The van der Waals surface area contributed by atoms with Crippen LogP contribution >= 0.6 is 24.0 Å². The van der Waals surface area contributed by atoms with Gasteiger partial charge in [-0.05, 0) is 57.1 Å². The first-order chi connectivity index (χ1) is 12.2. The van der Waals surface area contributed by atoms with Crippen molar-refractivity contribution in [3.63, 3.8) is 0 Å². The van der Waals surface area contributed by atoms with Gasteiger partial charge in [0.1, 0.15) is 0 Å². The van der Waals surface area contributed by atoms with Gasteiger partial charge in [-0.3, -0.25) is 4.99 Å². The van der Waals surface area contributed by atoms with E-state index in [1.54, 1.807) is 0 Å². The highest BCUT2D eigenvalue weighted by Crippen LogP contribution is 2.21. The highest BCUT2D eigenvalue weighted by Gasteiger charge is 2.19. The van der Waals surface area contributed by atoms with Crippen LogP contribution in [0.2, 0.25) is 0 Å². The van der Waals surface area contributed by atoms with Crippen LogP contribution in [0.4, 0.5) is 0 Å². The summed E-state index contributed by atoms with van der Waals surface area (Å²) in [4.78, 5) is 8.13. The molecule has 1 aromatic carbocycles. The normalized spacial score (nSPS) is 20.7. The highest BCUT2D eigenvalue weighted by molar-refractivity contribution is 14.0. The van der Waals surface area contributed by atoms with Crippen molar-refractivity contribution in [1.29, 1.82) is 0 Å². The Morgan fingerprint density at radius 3 is 2.77 bits per heavy atom. The Hall–Kier alpha value is -1.28. The number of fused-ring (bicyclic) bond motifs is 1. The summed E-state index contributed by atoms with van der Waals surface area (Å²) >= 11 is 0. The van der Waals surface area contributed by atoms with E-state index in [1.165, 1.54) is 22.0 Å². The minimum absolute atomic E-state index is 0. The van der Waals surface area contributed by atoms with E-state index in [1.807, 2.05) is 0 Å². The van der Waals surface area contributed by atoms with E-state index >= 15 is 0 Å². The molecule has 26 heavy (non-hydrogen) atoms. The van der Waals surface area contributed by atoms with Crippen molar-refractivity contribution in [2.75, 3.05) is 13.1 Å². The molecule has 0 bridgehead atoms. The van der Waals surface area contributed by atoms with Gasteiger partial charge < -0.3 is 20.7 Å². The van der Waals surface area contributed by atoms with Gasteiger partial charge in [-0.2, -0.15) is 0 Å². The summed E-state index contributed by atoms with van der Waals surface area (Å²) in [5.74, 6) is 0.889. The van der Waals surface area contributed by atoms with E-state index < -0.39 is 0 Å². The number of aromatic amines is 1. The molecule has 0 saturated heterocycles. The third-order valence-corrected chi connectivity index (χ3v) is 5.04. The molecule has 1 aliphatic rings. The Labute approximate surface area is 173 Å². The lowest BCUT2D eigenvalue weighted by molar-refractivity contribution is 0.120. The summed E-state index contributed by atoms with van der Waals surface area (Å²) in [7, 11) is 0. The van der Waals surface area contributed by atoms with Crippen molar-refractivity contribution in [2.45, 2.75) is 58.1 Å². The standard InChI is InChI=1S/C20H30N4O.HI/c1-3-21-20(24-16-7-9-17(25)10-8-16)22-12-11-15-13-23-19-14(2)5-4-6-18(15)19;/h4-6,13,16-17,23,25H,3,7-12H2,1-2H3,(H2,21,22,24);1H. The van der Waals surface area contributed by atoms with Crippen LogP contribution in [0.5, 0.6) is 0 Å². The van der Waals surface area contributed by atoms with Crippen molar-refractivity contribution >= 4 is 40.8 Å². The number of hydrogen-bond acceptors (Lipinski definition) is 2. The number of hydrogen-bond donors (Lipinski definition) is 4. The second-order valence-corrected chi connectivity index (χ2v) is 6.97. The molecular formula is C20H31IN4O. The van der Waals surface area contributed by atoms with E-state index in [2.05, 4.69) is 53.9 Å². The first-order valence-corrected chi connectivity index (χ1v) is 9.46. The maximum absolute atomic E-state index is 9.64. The molecular weight excluding hydrogens is 439 g/mol. The van der Waals surface area contributed by atoms with Crippen molar-refractivity contribution in [2.24, 2.45) is 4.99 Å². The molecule has 1 fully saturated rings. The average molecular weight is 470 g/mol. The molecule has 0 radical (unpaired) electrons. The maximum Gasteiger partial charge on any atom is 0.191 e. The van der Waals surface area contributed by atoms with Crippen LogP contribution in [-0.2, 0) is 6.42 Å². The fraction of sp³-hybridized carbons (Fsp3) is 0.550. The molecule has 3 rings (SSSR count). The first-order valence-electron chi connectivity index (χ1n) is 9.46. The van der Waals surface area contributed by atoms with E-state index in [9.17, 15) is 5.11 Å². The molecule has 6 heteroatoms.